The van der Waals surface area contributed by atoms with E-state index >= 15 is 0 Å². The second-order valence-electron chi connectivity index (χ2n) is 3.52. The molecular weight excluding hydrogens is 220 g/mol. The number of hydrogen-bond acceptors (Lipinski definition) is 4. The van der Waals surface area contributed by atoms with Crippen molar-refractivity contribution in [3.63, 3.8) is 0 Å². The van der Waals surface area contributed by atoms with Gasteiger partial charge in [-0.05, 0) is 12.1 Å². The minimum absolute atomic E-state index is 0.181. The van der Waals surface area contributed by atoms with Crippen LogP contribution in [-0.2, 0) is 6.61 Å². The van der Waals surface area contributed by atoms with Crippen molar-refractivity contribution in [1.82, 2.24) is 4.98 Å². The molecule has 2 aromatic heterocycles. The second kappa shape index (κ2) is 4.80. The number of ether oxygens (including phenoxy) is 1. The van der Waals surface area contributed by atoms with Gasteiger partial charge in [0, 0.05) is 11.6 Å². The number of rotatable bonds is 3. The van der Waals surface area contributed by atoms with Gasteiger partial charge >= 0.3 is 0 Å². The molecule has 0 saturated carbocycles. The molecule has 2 rings (SSSR count). The molecule has 2 aromatic rings. The first-order valence-electron chi connectivity index (χ1n) is 5.08. The van der Waals surface area contributed by atoms with Crippen LogP contribution >= 0.6 is 0 Å². The van der Waals surface area contributed by atoms with Crippen molar-refractivity contribution in [1.29, 1.82) is 0 Å². The molecule has 17 heavy (non-hydrogen) atoms. The summed E-state index contributed by atoms with van der Waals surface area (Å²) in [5.41, 5.74) is 1.82. The van der Waals surface area contributed by atoms with Gasteiger partial charge in [0.15, 0.2) is 12.4 Å². The summed E-state index contributed by atoms with van der Waals surface area (Å²) in [7, 11) is 1.53. The van der Waals surface area contributed by atoms with E-state index in [9.17, 15) is 5.21 Å². The van der Waals surface area contributed by atoms with Gasteiger partial charge in [-0.15, -0.1) is 0 Å². The first kappa shape index (κ1) is 11.3. The van der Waals surface area contributed by atoms with Crippen LogP contribution in [0.1, 0.15) is 5.56 Å². The molecule has 0 aliphatic carbocycles. The van der Waals surface area contributed by atoms with E-state index in [1.807, 2.05) is 0 Å². The van der Waals surface area contributed by atoms with Gasteiger partial charge in [0.25, 0.3) is 0 Å². The molecule has 1 N–H and O–H groups in total. The van der Waals surface area contributed by atoms with Crippen molar-refractivity contribution < 1.29 is 14.6 Å². The Kier molecular flexibility index (Phi) is 3.20. The maximum absolute atomic E-state index is 11.3. The van der Waals surface area contributed by atoms with Crippen LogP contribution in [0.5, 0.6) is 5.88 Å². The fourth-order valence-electron chi connectivity index (χ4n) is 1.53. The van der Waals surface area contributed by atoms with E-state index < -0.39 is 0 Å². The molecule has 0 spiro atoms. The summed E-state index contributed by atoms with van der Waals surface area (Å²) in [5, 5.41) is 20.4. The number of hydrogen-bond donors (Lipinski definition) is 1. The van der Waals surface area contributed by atoms with Gasteiger partial charge in [0.2, 0.25) is 5.88 Å². The van der Waals surface area contributed by atoms with E-state index in [1.165, 1.54) is 19.5 Å². The third-order valence-corrected chi connectivity index (χ3v) is 2.31. The number of pyridine rings is 2. The van der Waals surface area contributed by atoms with Crippen molar-refractivity contribution in [3.05, 3.63) is 47.4 Å². The van der Waals surface area contributed by atoms with E-state index in [4.69, 9.17) is 9.84 Å². The van der Waals surface area contributed by atoms with Crippen LogP contribution in [0, 0.1) is 5.21 Å². The summed E-state index contributed by atoms with van der Waals surface area (Å²) in [5.74, 6) is 0.481. The molecule has 0 unspecified atom stereocenters. The van der Waals surface area contributed by atoms with E-state index in [-0.39, 0.29) is 6.61 Å². The lowest BCUT2D eigenvalue weighted by molar-refractivity contribution is -0.605. The zero-order chi connectivity index (χ0) is 12.3. The standard InChI is InChI=1S/C12H12N2O3/c1-17-12-4-2-3-11(13-12)10-5-9(8-15)6-14(16)7-10/h2-7,15H,8H2,1H3. The Balaban J connectivity index is 2.47. The van der Waals surface area contributed by atoms with Crippen LogP contribution in [0.15, 0.2) is 36.7 Å². The molecule has 0 amide bonds. The Bertz CT molecular complexity index is 529. The van der Waals surface area contributed by atoms with Crippen molar-refractivity contribution in [3.8, 4) is 17.1 Å². The molecule has 0 radical (unpaired) electrons. The lowest BCUT2D eigenvalue weighted by atomic mass is 10.1. The first-order valence-corrected chi connectivity index (χ1v) is 5.08. The third-order valence-electron chi connectivity index (χ3n) is 2.31. The molecule has 0 aromatic carbocycles. The highest BCUT2D eigenvalue weighted by atomic mass is 16.5. The number of aliphatic hydroxyl groups excluding tert-OH is 1. The minimum Gasteiger partial charge on any atom is -0.619 e. The highest BCUT2D eigenvalue weighted by molar-refractivity contribution is 5.58. The van der Waals surface area contributed by atoms with Crippen LogP contribution in [0.2, 0.25) is 0 Å². The Morgan fingerprint density at radius 2 is 2.24 bits per heavy atom. The largest absolute Gasteiger partial charge is 0.619 e. The molecule has 2 heterocycles. The van der Waals surface area contributed by atoms with Crippen molar-refractivity contribution >= 4 is 0 Å². The highest BCUT2D eigenvalue weighted by Gasteiger charge is 2.07. The van der Waals surface area contributed by atoms with E-state index in [0.717, 1.165) is 0 Å². The van der Waals surface area contributed by atoms with Gasteiger partial charge in [-0.25, -0.2) is 4.98 Å². The lowest BCUT2D eigenvalue weighted by Gasteiger charge is -2.05. The Labute approximate surface area is 98.5 Å². The van der Waals surface area contributed by atoms with Crippen LogP contribution < -0.4 is 9.47 Å². The SMILES string of the molecule is COc1cccc(-c2cc(CO)c[n+]([O-])c2)n1. The highest BCUT2D eigenvalue weighted by Crippen LogP contribution is 2.19. The number of methoxy groups -OCH3 is 1. The smallest absolute Gasteiger partial charge is 0.213 e. The summed E-state index contributed by atoms with van der Waals surface area (Å²) < 4.78 is 5.67. The molecule has 0 fully saturated rings. The summed E-state index contributed by atoms with van der Waals surface area (Å²) >= 11 is 0. The van der Waals surface area contributed by atoms with Gasteiger partial charge < -0.3 is 15.1 Å². The molecule has 5 nitrogen and oxygen atoms in total. The maximum Gasteiger partial charge on any atom is 0.213 e. The summed E-state index contributed by atoms with van der Waals surface area (Å²) in [4.78, 5) is 4.22. The van der Waals surface area contributed by atoms with E-state index in [1.54, 1.807) is 24.3 Å². The predicted octanol–water partition coefficient (Wildman–Crippen LogP) is 0.883. The van der Waals surface area contributed by atoms with E-state index in [0.29, 0.717) is 27.4 Å². The maximum atomic E-state index is 11.3. The van der Waals surface area contributed by atoms with Gasteiger partial charge in [0.1, 0.15) is 0 Å². The summed E-state index contributed by atoms with van der Waals surface area (Å²) in [6, 6.07) is 7.02. The number of aromatic nitrogens is 2. The second-order valence-corrected chi connectivity index (χ2v) is 3.52. The number of nitrogens with zero attached hydrogens (tertiary/aromatic N) is 2. The Morgan fingerprint density at radius 3 is 2.94 bits per heavy atom. The van der Waals surface area contributed by atoms with Gasteiger partial charge in [0.05, 0.1) is 25.0 Å². The minimum atomic E-state index is -0.181. The zero-order valence-electron chi connectivity index (χ0n) is 9.33. The fourth-order valence-corrected chi connectivity index (χ4v) is 1.53. The first-order chi connectivity index (χ1) is 8.22. The summed E-state index contributed by atoms with van der Waals surface area (Å²) in [6.45, 7) is -0.181. The fraction of sp³-hybridized carbons (Fsp3) is 0.167. The molecule has 0 bridgehead atoms. The molecule has 0 aliphatic rings. The van der Waals surface area contributed by atoms with Gasteiger partial charge in [-0.3, -0.25) is 0 Å². The topological polar surface area (TPSA) is 69.3 Å². The molecule has 0 atom stereocenters. The van der Waals surface area contributed by atoms with Crippen LogP contribution in [0.3, 0.4) is 0 Å². The third kappa shape index (κ3) is 2.51. The van der Waals surface area contributed by atoms with Gasteiger partial charge in [-0.1, -0.05) is 6.07 Å². The molecular formula is C12H12N2O3. The normalized spacial score (nSPS) is 10.2. The Morgan fingerprint density at radius 1 is 1.41 bits per heavy atom. The quantitative estimate of drug-likeness (QED) is 0.630. The van der Waals surface area contributed by atoms with Crippen LogP contribution in [-0.4, -0.2) is 17.2 Å². The average molecular weight is 232 g/mol. The van der Waals surface area contributed by atoms with Crippen LogP contribution in [0.4, 0.5) is 0 Å². The number of aliphatic hydroxyl groups is 1. The average Bonchev–Trinajstić information content (AvgIpc) is 2.38. The lowest BCUT2D eigenvalue weighted by Crippen LogP contribution is -2.25. The predicted molar refractivity (Wildman–Crippen MR) is 61.1 cm³/mol. The van der Waals surface area contributed by atoms with Crippen molar-refractivity contribution in [2.45, 2.75) is 6.61 Å². The molecule has 0 saturated heterocycles. The molecule has 5 heteroatoms. The molecule has 88 valence electrons. The van der Waals surface area contributed by atoms with Crippen molar-refractivity contribution in [2.24, 2.45) is 0 Å². The molecule has 0 aliphatic heterocycles. The zero-order valence-corrected chi connectivity index (χ0v) is 9.33. The summed E-state index contributed by atoms with van der Waals surface area (Å²) in [6.07, 6.45) is 2.73. The van der Waals surface area contributed by atoms with Crippen molar-refractivity contribution in [2.75, 3.05) is 7.11 Å². The van der Waals surface area contributed by atoms with Crippen LogP contribution in [0.25, 0.3) is 11.3 Å². The monoisotopic (exact) mass is 232 g/mol. The van der Waals surface area contributed by atoms with Gasteiger partial charge in [-0.2, -0.15) is 4.73 Å². The van der Waals surface area contributed by atoms with E-state index in [2.05, 4.69) is 4.98 Å². The Hall–Kier alpha value is -2.14.